The average Bonchev–Trinajstić information content (AvgIpc) is 2.64. The molecule has 25 heavy (non-hydrogen) atoms. The molecule has 2 aromatic carbocycles. The average molecular weight is 339 g/mol. The van der Waals surface area contributed by atoms with Crippen LogP contribution in [0.3, 0.4) is 0 Å². The van der Waals surface area contributed by atoms with Gasteiger partial charge in [0.25, 0.3) is 11.6 Å². The predicted molar refractivity (Wildman–Crippen MR) is 94.9 cm³/mol. The monoisotopic (exact) mass is 339 g/mol. The van der Waals surface area contributed by atoms with Crippen molar-refractivity contribution in [3.05, 3.63) is 82.4 Å². The third kappa shape index (κ3) is 4.74. The van der Waals surface area contributed by atoms with Gasteiger partial charge in [-0.15, -0.1) is 0 Å². The Morgan fingerprint density at radius 1 is 1.28 bits per heavy atom. The highest BCUT2D eigenvalue weighted by Gasteiger charge is 2.11. The zero-order valence-corrected chi connectivity index (χ0v) is 13.6. The van der Waals surface area contributed by atoms with E-state index in [1.807, 2.05) is 0 Å². The minimum absolute atomic E-state index is 0.00567. The molecule has 0 fully saturated rings. The Balaban J connectivity index is 2.11. The number of hydrogen-bond acceptors (Lipinski definition) is 5. The van der Waals surface area contributed by atoms with Crippen LogP contribution in [-0.4, -0.2) is 23.1 Å². The maximum Gasteiger partial charge on any atom is 0.275 e. The summed E-state index contributed by atoms with van der Waals surface area (Å²) in [6, 6.07) is 12.7. The van der Waals surface area contributed by atoms with Crippen LogP contribution in [0.25, 0.3) is 0 Å². The Kier molecular flexibility index (Phi) is 6.00. The van der Waals surface area contributed by atoms with Crippen molar-refractivity contribution >= 4 is 17.3 Å². The third-order valence-electron chi connectivity index (χ3n) is 3.31. The molecule has 0 unspecified atom stereocenters. The number of carbonyl (C=O) groups is 1. The van der Waals surface area contributed by atoms with Gasteiger partial charge >= 0.3 is 0 Å². The number of benzene rings is 2. The second-order valence-corrected chi connectivity index (χ2v) is 5.04. The van der Waals surface area contributed by atoms with Gasteiger partial charge in [-0.25, -0.2) is 5.43 Å². The lowest BCUT2D eigenvalue weighted by molar-refractivity contribution is -0.384. The molecule has 0 aliphatic heterocycles. The van der Waals surface area contributed by atoms with Gasteiger partial charge in [-0.1, -0.05) is 24.8 Å². The molecule has 0 atom stereocenters. The molecule has 7 nitrogen and oxygen atoms in total. The normalized spacial score (nSPS) is 10.8. The van der Waals surface area contributed by atoms with Crippen molar-refractivity contribution in [2.24, 2.45) is 5.10 Å². The highest BCUT2D eigenvalue weighted by atomic mass is 16.6. The zero-order chi connectivity index (χ0) is 18.2. The van der Waals surface area contributed by atoms with Crippen LogP contribution < -0.4 is 10.2 Å². The van der Waals surface area contributed by atoms with Crippen molar-refractivity contribution in [2.45, 2.75) is 6.92 Å². The van der Waals surface area contributed by atoms with Crippen LogP contribution in [0.2, 0.25) is 0 Å². The summed E-state index contributed by atoms with van der Waals surface area (Å²) in [5, 5.41) is 14.7. The van der Waals surface area contributed by atoms with Gasteiger partial charge in [0.05, 0.1) is 16.2 Å². The van der Waals surface area contributed by atoms with Gasteiger partial charge in [0.2, 0.25) is 0 Å². The highest BCUT2D eigenvalue weighted by molar-refractivity contribution is 6.01. The molecule has 0 bridgehead atoms. The number of nitro groups is 1. The number of para-hydroxylation sites is 1. The first kappa shape index (κ1) is 17.9. The quantitative estimate of drug-likeness (QED) is 0.362. The van der Waals surface area contributed by atoms with Gasteiger partial charge in [-0.2, -0.15) is 5.10 Å². The van der Waals surface area contributed by atoms with Crippen LogP contribution in [0.5, 0.6) is 5.75 Å². The summed E-state index contributed by atoms with van der Waals surface area (Å²) in [4.78, 5) is 22.5. The number of rotatable bonds is 7. The van der Waals surface area contributed by atoms with Crippen LogP contribution in [0.1, 0.15) is 22.8 Å². The summed E-state index contributed by atoms with van der Waals surface area (Å²) in [7, 11) is 0. The van der Waals surface area contributed by atoms with Crippen molar-refractivity contribution in [2.75, 3.05) is 6.61 Å². The van der Waals surface area contributed by atoms with Crippen molar-refractivity contribution in [1.82, 2.24) is 5.43 Å². The topological polar surface area (TPSA) is 93.8 Å². The Morgan fingerprint density at radius 3 is 2.60 bits per heavy atom. The zero-order valence-electron chi connectivity index (χ0n) is 13.6. The fraction of sp³-hybridized carbons (Fsp3) is 0.111. The molecule has 1 N–H and O–H groups in total. The van der Waals surface area contributed by atoms with E-state index in [0.717, 1.165) is 0 Å². The molecule has 0 radical (unpaired) electrons. The van der Waals surface area contributed by atoms with Crippen molar-refractivity contribution in [1.29, 1.82) is 0 Å². The maximum atomic E-state index is 12.3. The first-order chi connectivity index (χ1) is 12.0. The maximum absolute atomic E-state index is 12.3. The van der Waals surface area contributed by atoms with E-state index < -0.39 is 10.8 Å². The van der Waals surface area contributed by atoms with E-state index in [-0.39, 0.29) is 12.3 Å². The van der Waals surface area contributed by atoms with Crippen LogP contribution in [0.4, 0.5) is 5.69 Å². The summed E-state index contributed by atoms with van der Waals surface area (Å²) in [5.41, 5.74) is 4.00. The van der Waals surface area contributed by atoms with Crippen LogP contribution in [-0.2, 0) is 0 Å². The smallest absolute Gasteiger partial charge is 0.275 e. The van der Waals surface area contributed by atoms with E-state index in [9.17, 15) is 14.9 Å². The number of amides is 1. The van der Waals surface area contributed by atoms with Crippen molar-refractivity contribution in [3.63, 3.8) is 0 Å². The molecule has 0 saturated heterocycles. The van der Waals surface area contributed by atoms with Gasteiger partial charge in [0, 0.05) is 12.1 Å². The first-order valence-electron chi connectivity index (χ1n) is 7.45. The number of ether oxygens (including phenoxy) is 1. The molecule has 1 amide bonds. The van der Waals surface area contributed by atoms with Gasteiger partial charge in [0.1, 0.15) is 12.4 Å². The molecule has 2 rings (SSSR count). The number of nitro benzene ring substituents is 1. The minimum Gasteiger partial charge on any atom is -0.489 e. The van der Waals surface area contributed by atoms with Gasteiger partial charge in [-0.05, 0) is 36.8 Å². The Morgan fingerprint density at radius 2 is 1.96 bits per heavy atom. The van der Waals surface area contributed by atoms with Crippen molar-refractivity contribution < 1.29 is 14.5 Å². The van der Waals surface area contributed by atoms with Gasteiger partial charge < -0.3 is 4.74 Å². The van der Waals surface area contributed by atoms with E-state index in [2.05, 4.69) is 17.1 Å². The third-order valence-corrected chi connectivity index (χ3v) is 3.31. The van der Waals surface area contributed by atoms with E-state index in [4.69, 9.17) is 4.74 Å². The number of nitrogens with zero attached hydrogens (tertiary/aromatic N) is 2. The molecule has 0 aliphatic rings. The Labute approximate surface area is 144 Å². The molecule has 2 aromatic rings. The largest absolute Gasteiger partial charge is 0.489 e. The fourth-order valence-corrected chi connectivity index (χ4v) is 2.01. The lowest BCUT2D eigenvalue weighted by Gasteiger charge is -2.09. The summed E-state index contributed by atoms with van der Waals surface area (Å²) in [6.07, 6.45) is 1.59. The predicted octanol–water partition coefficient (Wildman–Crippen LogP) is 3.31. The lowest BCUT2D eigenvalue weighted by Crippen LogP contribution is -2.20. The number of non-ortho nitro benzene ring substituents is 1. The van der Waals surface area contributed by atoms with E-state index in [1.165, 1.54) is 12.1 Å². The molecule has 0 heterocycles. The summed E-state index contributed by atoms with van der Waals surface area (Å²) in [6.45, 7) is 5.55. The molecule has 0 aliphatic carbocycles. The Bertz CT molecular complexity index is 813. The molecular weight excluding hydrogens is 322 g/mol. The second kappa shape index (κ2) is 8.39. The first-order valence-corrected chi connectivity index (χ1v) is 7.45. The number of nitrogens with one attached hydrogen (secondary N) is 1. The van der Waals surface area contributed by atoms with Crippen LogP contribution >= 0.6 is 0 Å². The molecular formula is C18H17N3O4. The summed E-state index contributed by atoms with van der Waals surface area (Å²) in [5.74, 6) is 0.0176. The molecule has 7 heteroatoms. The number of carbonyl (C=O) groups excluding carboxylic acids is 1. The second-order valence-electron chi connectivity index (χ2n) is 5.04. The summed E-state index contributed by atoms with van der Waals surface area (Å²) < 4.78 is 5.44. The standard InChI is InChI=1S/C18H17N3O4/c1-3-12-25-17-7-5-4-6-16(17)18(22)20-19-13(2)14-8-10-15(11-9-14)21(23)24/h3-11H,1,12H2,2H3,(H,20,22). The molecule has 128 valence electrons. The summed E-state index contributed by atoms with van der Waals surface area (Å²) >= 11 is 0. The highest BCUT2D eigenvalue weighted by Crippen LogP contribution is 2.18. The molecule has 0 spiro atoms. The fourth-order valence-electron chi connectivity index (χ4n) is 2.01. The van der Waals surface area contributed by atoms with Crippen LogP contribution in [0, 0.1) is 10.1 Å². The number of hydrazone groups is 1. The molecule has 0 saturated carbocycles. The van der Waals surface area contributed by atoms with Crippen LogP contribution in [0.15, 0.2) is 66.3 Å². The molecule has 0 aromatic heterocycles. The van der Waals surface area contributed by atoms with E-state index >= 15 is 0 Å². The Hall–Kier alpha value is -3.48. The minimum atomic E-state index is -0.474. The van der Waals surface area contributed by atoms with Gasteiger partial charge in [0.15, 0.2) is 0 Å². The van der Waals surface area contributed by atoms with E-state index in [1.54, 1.807) is 49.4 Å². The number of hydrogen-bond donors (Lipinski definition) is 1. The SMILES string of the molecule is C=CCOc1ccccc1C(=O)NN=C(C)c1ccc([N+](=O)[O-])cc1. The van der Waals surface area contributed by atoms with Gasteiger partial charge in [-0.3, -0.25) is 14.9 Å². The van der Waals surface area contributed by atoms with E-state index in [0.29, 0.717) is 22.6 Å². The van der Waals surface area contributed by atoms with Crippen molar-refractivity contribution in [3.8, 4) is 5.75 Å². The lowest BCUT2D eigenvalue weighted by atomic mass is 10.1.